The molecule has 0 radical (unpaired) electrons. The van der Waals surface area contributed by atoms with Gasteiger partial charge in [-0.05, 0) is 25.3 Å². The Morgan fingerprint density at radius 3 is 2.69 bits per heavy atom. The van der Waals surface area contributed by atoms with Crippen molar-refractivity contribution in [3.63, 3.8) is 0 Å². The van der Waals surface area contributed by atoms with E-state index in [1.807, 2.05) is 24.3 Å². The molecule has 1 amide bonds. The molecule has 1 aromatic carbocycles. The maximum Gasteiger partial charge on any atom is 0.311 e. The third-order valence-corrected chi connectivity index (χ3v) is 3.95. The standard InChI is InChI=1S/C20H25NO5/c1-13(2)8-9-25-16-7-5-4-6-15(16)11-21-20(24)19-14(3)12-26-17(19)10-18(22)23/h4-7,12-13H,8-11H2,1-3H3,(H,21,24)(H,22,23). The van der Waals surface area contributed by atoms with Gasteiger partial charge in [0.2, 0.25) is 0 Å². The molecule has 0 aliphatic heterocycles. The molecular weight excluding hydrogens is 334 g/mol. The molecule has 0 fully saturated rings. The van der Waals surface area contributed by atoms with Gasteiger partial charge in [0.25, 0.3) is 5.91 Å². The van der Waals surface area contributed by atoms with Gasteiger partial charge in [-0.3, -0.25) is 9.59 Å². The number of para-hydroxylation sites is 1. The highest BCUT2D eigenvalue weighted by Crippen LogP contribution is 2.20. The maximum absolute atomic E-state index is 12.5. The Morgan fingerprint density at radius 1 is 1.27 bits per heavy atom. The molecule has 2 aromatic rings. The number of amides is 1. The lowest BCUT2D eigenvalue weighted by Crippen LogP contribution is -2.25. The molecule has 0 bridgehead atoms. The van der Waals surface area contributed by atoms with Crippen LogP contribution in [0, 0.1) is 12.8 Å². The average molecular weight is 359 g/mol. The van der Waals surface area contributed by atoms with Crippen molar-refractivity contribution in [2.75, 3.05) is 6.61 Å². The molecule has 1 aromatic heterocycles. The van der Waals surface area contributed by atoms with Crippen molar-refractivity contribution < 1.29 is 23.8 Å². The highest BCUT2D eigenvalue weighted by Gasteiger charge is 2.20. The number of furan rings is 1. The largest absolute Gasteiger partial charge is 0.493 e. The Labute approximate surface area is 153 Å². The normalized spacial score (nSPS) is 10.8. The first-order valence-corrected chi connectivity index (χ1v) is 8.66. The van der Waals surface area contributed by atoms with E-state index in [1.54, 1.807) is 6.92 Å². The fraction of sp³-hybridized carbons (Fsp3) is 0.400. The minimum atomic E-state index is -1.04. The summed E-state index contributed by atoms with van der Waals surface area (Å²) in [5.74, 6) is 0.0532. The van der Waals surface area contributed by atoms with Crippen LogP contribution in [0.4, 0.5) is 0 Å². The molecule has 6 nitrogen and oxygen atoms in total. The van der Waals surface area contributed by atoms with Gasteiger partial charge in [-0.1, -0.05) is 32.0 Å². The average Bonchev–Trinajstić information content (AvgIpc) is 2.93. The van der Waals surface area contributed by atoms with E-state index in [0.717, 1.165) is 17.7 Å². The second-order valence-corrected chi connectivity index (χ2v) is 6.61. The topological polar surface area (TPSA) is 88.8 Å². The molecule has 0 saturated heterocycles. The molecule has 0 aliphatic carbocycles. The molecule has 1 heterocycles. The fourth-order valence-electron chi connectivity index (χ4n) is 2.53. The molecule has 26 heavy (non-hydrogen) atoms. The summed E-state index contributed by atoms with van der Waals surface area (Å²) in [6.45, 7) is 6.89. The second kappa shape index (κ2) is 9.08. The summed E-state index contributed by atoms with van der Waals surface area (Å²) in [6, 6.07) is 7.54. The zero-order valence-corrected chi connectivity index (χ0v) is 15.4. The molecule has 0 spiro atoms. The number of nitrogens with one attached hydrogen (secondary N) is 1. The third kappa shape index (κ3) is 5.37. The Bertz CT molecular complexity index is 763. The predicted octanol–water partition coefficient (Wildman–Crippen LogP) is 3.57. The summed E-state index contributed by atoms with van der Waals surface area (Å²) < 4.78 is 11.0. The van der Waals surface area contributed by atoms with E-state index in [0.29, 0.717) is 18.1 Å². The summed E-state index contributed by atoms with van der Waals surface area (Å²) in [7, 11) is 0. The van der Waals surface area contributed by atoms with Gasteiger partial charge < -0.3 is 19.6 Å². The van der Waals surface area contributed by atoms with Gasteiger partial charge in [0.1, 0.15) is 17.9 Å². The number of carboxylic acid groups (broad SMARTS) is 1. The fourth-order valence-corrected chi connectivity index (χ4v) is 2.53. The molecule has 0 unspecified atom stereocenters. The van der Waals surface area contributed by atoms with Crippen LogP contribution < -0.4 is 10.1 Å². The monoisotopic (exact) mass is 359 g/mol. The van der Waals surface area contributed by atoms with E-state index >= 15 is 0 Å². The lowest BCUT2D eigenvalue weighted by Gasteiger charge is -2.13. The van der Waals surface area contributed by atoms with E-state index in [2.05, 4.69) is 19.2 Å². The highest BCUT2D eigenvalue weighted by atomic mass is 16.5. The minimum absolute atomic E-state index is 0.161. The number of aryl methyl sites for hydroxylation is 1. The molecule has 0 saturated carbocycles. The van der Waals surface area contributed by atoms with Crippen molar-refractivity contribution in [2.45, 2.75) is 40.2 Å². The van der Waals surface area contributed by atoms with Crippen LogP contribution in [0.5, 0.6) is 5.75 Å². The van der Waals surface area contributed by atoms with Crippen LogP contribution >= 0.6 is 0 Å². The van der Waals surface area contributed by atoms with Crippen molar-refractivity contribution in [1.29, 1.82) is 0 Å². The SMILES string of the molecule is Cc1coc(CC(=O)O)c1C(=O)NCc1ccccc1OCCC(C)C. The number of aliphatic carboxylic acids is 1. The molecule has 140 valence electrons. The first-order chi connectivity index (χ1) is 12.4. The van der Waals surface area contributed by atoms with Gasteiger partial charge in [-0.15, -0.1) is 0 Å². The summed E-state index contributed by atoms with van der Waals surface area (Å²) >= 11 is 0. The predicted molar refractivity (Wildman–Crippen MR) is 97.3 cm³/mol. The highest BCUT2D eigenvalue weighted by molar-refractivity contribution is 5.97. The van der Waals surface area contributed by atoms with Crippen LogP contribution in [-0.4, -0.2) is 23.6 Å². The lowest BCUT2D eigenvalue weighted by atomic mass is 10.1. The second-order valence-electron chi connectivity index (χ2n) is 6.61. The minimum Gasteiger partial charge on any atom is -0.493 e. The van der Waals surface area contributed by atoms with Gasteiger partial charge in [-0.2, -0.15) is 0 Å². The van der Waals surface area contributed by atoms with E-state index in [1.165, 1.54) is 6.26 Å². The Kier molecular flexibility index (Phi) is 6.83. The molecule has 6 heteroatoms. The maximum atomic E-state index is 12.5. The summed E-state index contributed by atoms with van der Waals surface area (Å²) in [5, 5.41) is 11.8. The number of carbonyl (C=O) groups excluding carboxylic acids is 1. The van der Waals surface area contributed by atoms with Crippen LogP contribution in [0.2, 0.25) is 0 Å². The zero-order valence-electron chi connectivity index (χ0n) is 15.4. The molecular formula is C20H25NO5. The molecule has 0 aliphatic rings. The van der Waals surface area contributed by atoms with E-state index in [4.69, 9.17) is 14.3 Å². The van der Waals surface area contributed by atoms with Crippen molar-refractivity contribution in [2.24, 2.45) is 5.92 Å². The number of hydrogen-bond donors (Lipinski definition) is 2. The van der Waals surface area contributed by atoms with Gasteiger partial charge in [0.15, 0.2) is 0 Å². The zero-order chi connectivity index (χ0) is 19.1. The number of hydrogen-bond acceptors (Lipinski definition) is 4. The van der Waals surface area contributed by atoms with Crippen molar-refractivity contribution in [3.8, 4) is 5.75 Å². The van der Waals surface area contributed by atoms with Gasteiger partial charge in [-0.25, -0.2) is 0 Å². The van der Waals surface area contributed by atoms with Crippen molar-refractivity contribution in [3.05, 3.63) is 53.0 Å². The number of carbonyl (C=O) groups is 2. The first kappa shape index (κ1) is 19.6. The van der Waals surface area contributed by atoms with Crippen LogP contribution in [-0.2, 0) is 17.8 Å². The van der Waals surface area contributed by atoms with Gasteiger partial charge in [0.05, 0.1) is 18.4 Å². The quantitative estimate of drug-likeness (QED) is 0.714. The number of carboxylic acids is 1. The number of rotatable bonds is 9. The molecule has 2 N–H and O–H groups in total. The van der Waals surface area contributed by atoms with E-state index in [-0.39, 0.29) is 30.2 Å². The Balaban J connectivity index is 2.04. The van der Waals surface area contributed by atoms with Crippen molar-refractivity contribution >= 4 is 11.9 Å². The smallest absolute Gasteiger partial charge is 0.311 e. The number of ether oxygens (including phenoxy) is 1. The summed E-state index contributed by atoms with van der Waals surface area (Å²) in [6.07, 6.45) is 2.02. The van der Waals surface area contributed by atoms with Crippen molar-refractivity contribution in [1.82, 2.24) is 5.32 Å². The van der Waals surface area contributed by atoms with Crippen LogP contribution in [0.15, 0.2) is 34.9 Å². The Hall–Kier alpha value is -2.76. The number of benzene rings is 1. The van der Waals surface area contributed by atoms with Crippen LogP contribution in [0.3, 0.4) is 0 Å². The summed E-state index contributed by atoms with van der Waals surface area (Å²) in [5.41, 5.74) is 1.76. The third-order valence-electron chi connectivity index (χ3n) is 3.95. The molecule has 0 atom stereocenters. The van der Waals surface area contributed by atoms with E-state index in [9.17, 15) is 9.59 Å². The van der Waals surface area contributed by atoms with Crippen LogP contribution in [0.25, 0.3) is 0 Å². The first-order valence-electron chi connectivity index (χ1n) is 8.66. The summed E-state index contributed by atoms with van der Waals surface area (Å²) in [4.78, 5) is 23.4. The lowest BCUT2D eigenvalue weighted by molar-refractivity contribution is -0.136. The van der Waals surface area contributed by atoms with Gasteiger partial charge >= 0.3 is 5.97 Å². The van der Waals surface area contributed by atoms with E-state index < -0.39 is 5.97 Å². The molecule has 2 rings (SSSR count). The Morgan fingerprint density at radius 2 is 2.00 bits per heavy atom. The van der Waals surface area contributed by atoms with Gasteiger partial charge in [0, 0.05) is 17.7 Å². The van der Waals surface area contributed by atoms with Crippen LogP contribution in [0.1, 0.15) is 47.5 Å².